The minimum absolute atomic E-state index is 0.143. The Balaban J connectivity index is 1.67. The Labute approximate surface area is 151 Å². The van der Waals surface area contributed by atoms with Crippen LogP contribution >= 0.6 is 11.6 Å². The van der Waals surface area contributed by atoms with Crippen LogP contribution in [0.2, 0.25) is 5.02 Å². The maximum atomic E-state index is 11.2. The first kappa shape index (κ1) is 17.5. The van der Waals surface area contributed by atoms with E-state index in [-0.39, 0.29) is 10.6 Å². The Kier molecular flexibility index (Phi) is 5.40. The van der Waals surface area contributed by atoms with E-state index in [0.29, 0.717) is 17.1 Å². The number of nitrogens with zero attached hydrogens (tertiary/aromatic N) is 2. The van der Waals surface area contributed by atoms with Gasteiger partial charge < -0.3 is 14.5 Å². The standard InChI is InChI=1S/C18H20ClN3O3/c1-25-18-5-3-2-4-17(18)21-10-8-20(9-11-21)13-14-12-15(19)6-7-16(14)22(23)24/h2-7,12H,8-11,13H2,1H3/p+1. The number of nitro groups is 1. The van der Waals surface area contributed by atoms with Crippen LogP contribution in [0, 0.1) is 10.1 Å². The van der Waals surface area contributed by atoms with E-state index >= 15 is 0 Å². The van der Waals surface area contributed by atoms with Crippen molar-refractivity contribution in [1.82, 2.24) is 0 Å². The zero-order valence-corrected chi connectivity index (χ0v) is 14.8. The lowest BCUT2D eigenvalue weighted by atomic mass is 10.1. The van der Waals surface area contributed by atoms with Crippen molar-refractivity contribution in [3.63, 3.8) is 0 Å². The van der Waals surface area contributed by atoms with Crippen molar-refractivity contribution in [3.05, 3.63) is 63.2 Å². The monoisotopic (exact) mass is 362 g/mol. The Hall–Kier alpha value is -2.31. The zero-order chi connectivity index (χ0) is 17.8. The topological polar surface area (TPSA) is 60.0 Å². The normalized spacial score (nSPS) is 15.2. The fourth-order valence-corrected chi connectivity index (χ4v) is 3.47. The summed E-state index contributed by atoms with van der Waals surface area (Å²) in [6.07, 6.45) is 0. The molecule has 6 nitrogen and oxygen atoms in total. The lowest BCUT2D eigenvalue weighted by Gasteiger charge is -2.34. The molecular weight excluding hydrogens is 342 g/mol. The predicted octanol–water partition coefficient (Wildman–Crippen LogP) is 2.16. The van der Waals surface area contributed by atoms with Crippen molar-refractivity contribution < 1.29 is 14.6 Å². The van der Waals surface area contributed by atoms with Gasteiger partial charge in [0.05, 0.1) is 49.5 Å². The number of hydrogen-bond donors (Lipinski definition) is 1. The van der Waals surface area contributed by atoms with Gasteiger partial charge in [0.25, 0.3) is 5.69 Å². The summed E-state index contributed by atoms with van der Waals surface area (Å²) in [6.45, 7) is 4.17. The van der Waals surface area contributed by atoms with Gasteiger partial charge in [-0.2, -0.15) is 0 Å². The van der Waals surface area contributed by atoms with E-state index in [4.69, 9.17) is 16.3 Å². The highest BCUT2D eigenvalue weighted by atomic mass is 35.5. The third kappa shape index (κ3) is 4.03. The molecule has 0 spiro atoms. The van der Waals surface area contributed by atoms with E-state index < -0.39 is 0 Å². The van der Waals surface area contributed by atoms with Crippen LogP contribution in [0.3, 0.4) is 0 Å². The van der Waals surface area contributed by atoms with E-state index in [1.165, 1.54) is 11.0 Å². The molecule has 1 fully saturated rings. The smallest absolute Gasteiger partial charge is 0.278 e. The number of ether oxygens (including phenoxy) is 1. The van der Waals surface area contributed by atoms with Crippen molar-refractivity contribution in [3.8, 4) is 5.75 Å². The summed E-state index contributed by atoms with van der Waals surface area (Å²) in [4.78, 5) is 14.5. The molecule has 1 aliphatic rings. The summed E-state index contributed by atoms with van der Waals surface area (Å²) < 4.78 is 5.44. The minimum Gasteiger partial charge on any atom is -0.495 e. The summed E-state index contributed by atoms with van der Waals surface area (Å²) in [7, 11) is 1.68. The number of hydrogen-bond acceptors (Lipinski definition) is 4. The number of nitrogens with one attached hydrogen (secondary N) is 1. The Bertz CT molecular complexity index is 761. The lowest BCUT2D eigenvalue weighted by molar-refractivity contribution is -0.914. The first-order chi connectivity index (χ1) is 12.1. The van der Waals surface area contributed by atoms with Crippen LogP contribution < -0.4 is 14.5 Å². The molecule has 0 amide bonds. The van der Waals surface area contributed by atoms with Gasteiger partial charge in [-0.25, -0.2) is 0 Å². The Morgan fingerprint density at radius 3 is 2.64 bits per heavy atom. The molecular formula is C18H21ClN3O3+. The van der Waals surface area contributed by atoms with Gasteiger partial charge in [0.15, 0.2) is 0 Å². The highest BCUT2D eigenvalue weighted by Crippen LogP contribution is 2.27. The minimum atomic E-state index is -0.337. The van der Waals surface area contributed by atoms with Crippen LogP contribution in [0.15, 0.2) is 42.5 Å². The number of methoxy groups -OCH3 is 1. The molecule has 1 N–H and O–H groups in total. The van der Waals surface area contributed by atoms with Crippen LogP contribution in [-0.2, 0) is 6.54 Å². The first-order valence-electron chi connectivity index (χ1n) is 8.23. The van der Waals surface area contributed by atoms with Crippen LogP contribution in [0.5, 0.6) is 5.75 Å². The number of nitro benzene ring substituents is 1. The van der Waals surface area contributed by atoms with E-state index in [2.05, 4.69) is 11.0 Å². The number of rotatable bonds is 5. The highest BCUT2D eigenvalue weighted by Gasteiger charge is 2.25. The molecule has 2 aromatic carbocycles. The summed E-state index contributed by atoms with van der Waals surface area (Å²) in [5.41, 5.74) is 1.93. The van der Waals surface area contributed by atoms with Gasteiger partial charge in [0.1, 0.15) is 12.3 Å². The van der Waals surface area contributed by atoms with Gasteiger partial charge in [0.2, 0.25) is 0 Å². The second kappa shape index (κ2) is 7.72. The summed E-state index contributed by atoms with van der Waals surface area (Å²) >= 11 is 6.02. The number of anilines is 1. The third-order valence-electron chi connectivity index (χ3n) is 4.58. The van der Waals surface area contributed by atoms with Gasteiger partial charge in [-0.3, -0.25) is 10.1 Å². The van der Waals surface area contributed by atoms with Crippen molar-refractivity contribution in [1.29, 1.82) is 0 Å². The average Bonchev–Trinajstić information content (AvgIpc) is 2.62. The van der Waals surface area contributed by atoms with Crippen LogP contribution in [0.4, 0.5) is 11.4 Å². The van der Waals surface area contributed by atoms with Gasteiger partial charge in [0, 0.05) is 11.1 Å². The molecule has 1 heterocycles. The van der Waals surface area contributed by atoms with Gasteiger partial charge >= 0.3 is 0 Å². The quantitative estimate of drug-likeness (QED) is 0.654. The Morgan fingerprint density at radius 2 is 1.96 bits per heavy atom. The second-order valence-electron chi connectivity index (χ2n) is 6.12. The summed E-state index contributed by atoms with van der Waals surface area (Å²) in [5.74, 6) is 0.872. The molecule has 0 aliphatic carbocycles. The molecule has 3 rings (SSSR count). The first-order valence-corrected chi connectivity index (χ1v) is 8.60. The van der Waals surface area contributed by atoms with E-state index in [9.17, 15) is 10.1 Å². The molecule has 7 heteroatoms. The van der Waals surface area contributed by atoms with E-state index in [1.807, 2.05) is 18.2 Å². The van der Waals surface area contributed by atoms with Crippen molar-refractivity contribution >= 4 is 23.0 Å². The van der Waals surface area contributed by atoms with Crippen LogP contribution in [0.1, 0.15) is 5.56 Å². The SMILES string of the molecule is COc1ccccc1N1CC[NH+](Cc2cc(Cl)ccc2[N+](=O)[O-])CC1. The van der Waals surface area contributed by atoms with Crippen molar-refractivity contribution in [2.24, 2.45) is 0 Å². The number of quaternary nitrogens is 1. The maximum Gasteiger partial charge on any atom is 0.278 e. The fourth-order valence-electron chi connectivity index (χ4n) is 3.27. The van der Waals surface area contributed by atoms with Crippen LogP contribution in [0.25, 0.3) is 0 Å². The van der Waals surface area contributed by atoms with Crippen molar-refractivity contribution in [2.45, 2.75) is 6.54 Å². The molecule has 0 unspecified atom stereocenters. The zero-order valence-electron chi connectivity index (χ0n) is 14.1. The largest absolute Gasteiger partial charge is 0.495 e. The lowest BCUT2D eigenvalue weighted by Crippen LogP contribution is -3.13. The molecule has 1 saturated heterocycles. The summed E-state index contributed by atoms with van der Waals surface area (Å²) in [5, 5.41) is 11.7. The maximum absolute atomic E-state index is 11.2. The predicted molar refractivity (Wildman–Crippen MR) is 97.7 cm³/mol. The molecule has 132 valence electrons. The number of benzene rings is 2. The molecule has 2 aromatic rings. The van der Waals surface area contributed by atoms with Crippen LogP contribution in [-0.4, -0.2) is 38.2 Å². The number of halogens is 1. The van der Waals surface area contributed by atoms with Gasteiger partial charge in [-0.1, -0.05) is 23.7 Å². The number of para-hydroxylation sites is 2. The molecule has 0 saturated carbocycles. The second-order valence-corrected chi connectivity index (χ2v) is 6.55. The highest BCUT2D eigenvalue weighted by molar-refractivity contribution is 6.30. The summed E-state index contributed by atoms with van der Waals surface area (Å²) in [6, 6.07) is 12.8. The molecule has 0 bridgehead atoms. The van der Waals surface area contributed by atoms with E-state index in [0.717, 1.165) is 37.6 Å². The van der Waals surface area contributed by atoms with Gasteiger partial charge in [-0.05, 0) is 24.3 Å². The van der Waals surface area contributed by atoms with E-state index in [1.54, 1.807) is 19.2 Å². The molecule has 1 aliphatic heterocycles. The van der Waals surface area contributed by atoms with Gasteiger partial charge in [-0.15, -0.1) is 0 Å². The fraction of sp³-hybridized carbons (Fsp3) is 0.333. The molecule has 0 atom stereocenters. The van der Waals surface area contributed by atoms with Crippen molar-refractivity contribution in [2.75, 3.05) is 38.2 Å². The Morgan fingerprint density at radius 1 is 1.24 bits per heavy atom. The molecule has 0 aromatic heterocycles. The number of piperazine rings is 1. The molecule has 25 heavy (non-hydrogen) atoms. The average molecular weight is 363 g/mol. The molecule has 0 radical (unpaired) electrons. The third-order valence-corrected chi connectivity index (χ3v) is 4.81.